The molecular weight excluding hydrogens is 391 g/mol. The van der Waals surface area contributed by atoms with Gasteiger partial charge in [0.15, 0.2) is 0 Å². The first-order chi connectivity index (χ1) is 12.9. The summed E-state index contributed by atoms with van der Waals surface area (Å²) in [5, 5.41) is 2.85. The van der Waals surface area contributed by atoms with Crippen molar-refractivity contribution in [3.8, 4) is 0 Å². The van der Waals surface area contributed by atoms with Crippen molar-refractivity contribution in [2.75, 3.05) is 13.1 Å². The molecule has 0 unspecified atom stereocenters. The van der Waals surface area contributed by atoms with Crippen molar-refractivity contribution in [1.29, 1.82) is 0 Å². The number of carbonyl (C=O) groups is 1. The number of sulfonamides is 1. The molecule has 2 aromatic carbocycles. The van der Waals surface area contributed by atoms with Gasteiger partial charge in [-0.15, -0.1) is 0 Å². The number of hydrogen-bond acceptors (Lipinski definition) is 3. The van der Waals surface area contributed by atoms with Crippen molar-refractivity contribution in [3.05, 3.63) is 64.4 Å². The van der Waals surface area contributed by atoms with E-state index in [2.05, 4.69) is 5.32 Å². The zero-order chi connectivity index (χ0) is 19.4. The molecular formula is C19H20ClFN2O3S. The van der Waals surface area contributed by atoms with Gasteiger partial charge in [-0.1, -0.05) is 30.2 Å². The quantitative estimate of drug-likeness (QED) is 0.819. The molecule has 0 radical (unpaired) electrons. The Morgan fingerprint density at radius 1 is 1.07 bits per heavy atom. The van der Waals surface area contributed by atoms with Crippen LogP contribution in [0, 0.1) is 5.82 Å². The van der Waals surface area contributed by atoms with Gasteiger partial charge in [0.1, 0.15) is 5.82 Å². The van der Waals surface area contributed by atoms with E-state index in [-0.39, 0.29) is 27.8 Å². The van der Waals surface area contributed by atoms with E-state index >= 15 is 0 Å². The zero-order valence-electron chi connectivity index (χ0n) is 14.6. The summed E-state index contributed by atoms with van der Waals surface area (Å²) in [7, 11) is -3.65. The van der Waals surface area contributed by atoms with E-state index in [1.54, 1.807) is 12.1 Å². The van der Waals surface area contributed by atoms with Crippen LogP contribution in [0.15, 0.2) is 47.4 Å². The number of benzene rings is 2. The minimum Gasteiger partial charge on any atom is -0.348 e. The zero-order valence-corrected chi connectivity index (χ0v) is 16.2. The maximum Gasteiger partial charge on any atom is 0.253 e. The molecule has 2 aromatic rings. The molecule has 5 nitrogen and oxygen atoms in total. The van der Waals surface area contributed by atoms with E-state index in [1.165, 1.54) is 34.6 Å². The number of nitrogens with one attached hydrogen (secondary N) is 1. The Bertz CT molecular complexity index is 926. The van der Waals surface area contributed by atoms with E-state index < -0.39 is 15.9 Å². The van der Waals surface area contributed by atoms with Crippen molar-refractivity contribution < 1.29 is 17.6 Å². The number of halogens is 2. The van der Waals surface area contributed by atoms with Crippen molar-refractivity contribution >= 4 is 27.5 Å². The lowest BCUT2D eigenvalue weighted by molar-refractivity contribution is 0.0951. The molecule has 1 fully saturated rings. The summed E-state index contributed by atoms with van der Waals surface area (Å²) in [5.41, 5.74) is 0.815. The van der Waals surface area contributed by atoms with Crippen LogP contribution in [0.2, 0.25) is 5.02 Å². The molecule has 0 atom stereocenters. The fourth-order valence-corrected chi connectivity index (χ4v) is 4.72. The lowest BCUT2D eigenvalue weighted by atomic mass is 10.2. The second-order valence-corrected chi connectivity index (χ2v) is 8.76. The number of piperidine rings is 1. The lowest BCUT2D eigenvalue weighted by Crippen LogP contribution is -2.35. The molecule has 0 aliphatic carbocycles. The Balaban J connectivity index is 1.78. The summed E-state index contributed by atoms with van der Waals surface area (Å²) in [4.78, 5) is 12.5. The topological polar surface area (TPSA) is 66.5 Å². The molecule has 1 aliphatic heterocycles. The van der Waals surface area contributed by atoms with Gasteiger partial charge < -0.3 is 5.32 Å². The van der Waals surface area contributed by atoms with Crippen molar-refractivity contribution in [2.45, 2.75) is 30.7 Å². The number of nitrogens with zero attached hydrogens (tertiary/aromatic N) is 1. The van der Waals surface area contributed by atoms with E-state index in [9.17, 15) is 17.6 Å². The fraction of sp³-hybridized carbons (Fsp3) is 0.316. The van der Waals surface area contributed by atoms with Gasteiger partial charge in [0.2, 0.25) is 10.0 Å². The fourth-order valence-electron chi connectivity index (χ4n) is 2.97. The molecule has 27 heavy (non-hydrogen) atoms. The van der Waals surface area contributed by atoms with Crippen LogP contribution in [0.4, 0.5) is 4.39 Å². The molecule has 0 saturated carbocycles. The normalized spacial score (nSPS) is 15.5. The molecule has 0 spiro atoms. The summed E-state index contributed by atoms with van der Waals surface area (Å²) in [6.07, 6.45) is 2.68. The monoisotopic (exact) mass is 410 g/mol. The van der Waals surface area contributed by atoms with Crippen LogP contribution in [0.25, 0.3) is 0 Å². The first-order valence-electron chi connectivity index (χ1n) is 8.70. The summed E-state index contributed by atoms with van der Waals surface area (Å²) < 4.78 is 40.0. The third-order valence-electron chi connectivity index (χ3n) is 4.50. The summed E-state index contributed by atoms with van der Waals surface area (Å²) in [6, 6.07) is 9.89. The highest BCUT2D eigenvalue weighted by Gasteiger charge is 2.27. The molecule has 3 rings (SSSR count). The van der Waals surface area contributed by atoms with Crippen molar-refractivity contribution in [3.63, 3.8) is 0 Å². The van der Waals surface area contributed by atoms with Crippen molar-refractivity contribution in [2.24, 2.45) is 0 Å². The smallest absolute Gasteiger partial charge is 0.253 e. The Kier molecular flexibility index (Phi) is 6.14. The minimum absolute atomic E-state index is 0.0562. The second-order valence-electron chi connectivity index (χ2n) is 6.42. The van der Waals surface area contributed by atoms with E-state index in [1.807, 2.05) is 0 Å². The molecule has 0 bridgehead atoms. The number of carbonyl (C=O) groups excluding carboxylic acids is 1. The van der Waals surface area contributed by atoms with Crippen LogP contribution >= 0.6 is 11.6 Å². The number of hydrogen-bond donors (Lipinski definition) is 1. The molecule has 0 aromatic heterocycles. The molecule has 1 aliphatic rings. The maximum atomic E-state index is 12.9. The highest BCUT2D eigenvalue weighted by Crippen LogP contribution is 2.25. The minimum atomic E-state index is -3.65. The maximum absolute atomic E-state index is 12.9. The third-order valence-corrected chi connectivity index (χ3v) is 6.73. The SMILES string of the molecule is O=C(NCc1ccc(F)cc1)c1cc(S(=O)(=O)N2CCCCC2)ccc1Cl. The van der Waals surface area contributed by atoms with E-state index in [4.69, 9.17) is 11.6 Å². The van der Waals surface area contributed by atoms with Gasteiger partial charge in [-0.05, 0) is 48.7 Å². The van der Waals surface area contributed by atoms with Gasteiger partial charge in [-0.2, -0.15) is 4.31 Å². The predicted octanol–water partition coefficient (Wildman–Crippen LogP) is 3.58. The van der Waals surface area contributed by atoms with Crippen LogP contribution < -0.4 is 5.32 Å². The Hall–Kier alpha value is -1.96. The van der Waals surface area contributed by atoms with E-state index in [0.29, 0.717) is 13.1 Å². The van der Waals surface area contributed by atoms with Crippen LogP contribution in [-0.2, 0) is 16.6 Å². The van der Waals surface area contributed by atoms with Crippen LogP contribution in [0.5, 0.6) is 0 Å². The Labute approximate surface area is 163 Å². The summed E-state index contributed by atoms with van der Waals surface area (Å²) in [6.45, 7) is 1.15. The van der Waals surface area contributed by atoms with Gasteiger partial charge >= 0.3 is 0 Å². The standard InChI is InChI=1S/C19H20ClFN2O3S/c20-18-9-8-16(27(25,26)23-10-2-1-3-11-23)12-17(18)19(24)22-13-14-4-6-15(21)7-5-14/h4-9,12H,1-3,10-11,13H2,(H,22,24). The van der Waals surface area contributed by atoms with E-state index in [0.717, 1.165) is 24.8 Å². The van der Waals surface area contributed by atoms with Gasteiger partial charge in [-0.25, -0.2) is 12.8 Å². The average Bonchev–Trinajstić information content (AvgIpc) is 2.68. The highest BCUT2D eigenvalue weighted by atomic mass is 35.5. The van der Waals surface area contributed by atoms with Crippen molar-refractivity contribution in [1.82, 2.24) is 9.62 Å². The molecule has 8 heteroatoms. The second kappa shape index (κ2) is 8.37. The number of amides is 1. The lowest BCUT2D eigenvalue weighted by Gasteiger charge is -2.26. The Morgan fingerprint density at radius 3 is 2.41 bits per heavy atom. The largest absolute Gasteiger partial charge is 0.348 e. The van der Waals surface area contributed by atoms with Gasteiger partial charge in [0.05, 0.1) is 15.5 Å². The summed E-state index contributed by atoms with van der Waals surface area (Å²) in [5.74, 6) is -0.844. The number of rotatable bonds is 5. The van der Waals surface area contributed by atoms with Crippen LogP contribution in [0.1, 0.15) is 35.2 Å². The van der Waals surface area contributed by atoms with Gasteiger partial charge in [0, 0.05) is 19.6 Å². The van der Waals surface area contributed by atoms with Crippen LogP contribution in [-0.4, -0.2) is 31.7 Å². The molecule has 1 heterocycles. The highest BCUT2D eigenvalue weighted by molar-refractivity contribution is 7.89. The van der Waals surface area contributed by atoms with Gasteiger partial charge in [0.25, 0.3) is 5.91 Å². The first kappa shape index (κ1) is 19.8. The summed E-state index contributed by atoms with van der Waals surface area (Å²) >= 11 is 6.11. The van der Waals surface area contributed by atoms with Gasteiger partial charge in [-0.3, -0.25) is 4.79 Å². The first-order valence-corrected chi connectivity index (χ1v) is 10.5. The third kappa shape index (κ3) is 4.66. The van der Waals surface area contributed by atoms with Crippen LogP contribution in [0.3, 0.4) is 0 Å². The molecule has 144 valence electrons. The molecule has 1 saturated heterocycles. The Morgan fingerprint density at radius 2 is 1.74 bits per heavy atom. The average molecular weight is 411 g/mol. The molecule has 1 amide bonds. The molecule has 1 N–H and O–H groups in total. The predicted molar refractivity (Wildman–Crippen MR) is 102 cm³/mol.